The van der Waals surface area contributed by atoms with Crippen LogP contribution in [-0.4, -0.2) is 73.8 Å². The van der Waals surface area contributed by atoms with Gasteiger partial charge in [-0.05, 0) is 44.9 Å². The molecule has 2 atom stereocenters. The molecule has 2 aliphatic rings. The molecule has 0 bridgehead atoms. The third-order valence-corrected chi connectivity index (χ3v) is 14.9. The van der Waals surface area contributed by atoms with Gasteiger partial charge in [0.2, 0.25) is 11.0 Å². The number of thiazole rings is 1. The van der Waals surface area contributed by atoms with Gasteiger partial charge in [-0.25, -0.2) is 9.78 Å². The van der Waals surface area contributed by atoms with E-state index in [0.29, 0.717) is 25.9 Å². The molecule has 14 nitrogen and oxygen atoms in total. The van der Waals surface area contributed by atoms with Crippen LogP contribution in [0.1, 0.15) is 46.5 Å². The minimum Gasteiger partial charge on any atom is -0.448 e. The van der Waals surface area contributed by atoms with E-state index in [1.165, 1.54) is 65.1 Å². The minimum atomic E-state index is -1.03. The summed E-state index contributed by atoms with van der Waals surface area (Å²) in [6.07, 6.45) is 0.951. The van der Waals surface area contributed by atoms with Crippen LogP contribution in [0.15, 0.2) is 189 Å². The molecule has 0 aliphatic carbocycles. The number of benzene rings is 5. The number of nitrogens with one attached hydrogen (secondary N) is 3. The summed E-state index contributed by atoms with van der Waals surface area (Å²) < 4.78 is 6.88. The Bertz CT molecular complexity index is 2910. The number of carbonyl (C=O) groups is 4. The lowest BCUT2D eigenvalue weighted by molar-refractivity contribution is -0.154. The molecule has 7 aromatic rings. The molecule has 5 aromatic carbocycles. The van der Waals surface area contributed by atoms with Gasteiger partial charge in [0.25, 0.3) is 11.8 Å². The second-order valence-electron chi connectivity index (χ2n) is 15.4. The molecule has 69 heavy (non-hydrogen) atoms. The van der Waals surface area contributed by atoms with Gasteiger partial charge < -0.3 is 25.5 Å². The molecule has 3 N–H and O–H groups in total. The third kappa shape index (κ3) is 10.1. The van der Waals surface area contributed by atoms with Gasteiger partial charge in [0.15, 0.2) is 21.3 Å². The van der Waals surface area contributed by atoms with Gasteiger partial charge in [-0.3, -0.25) is 19.3 Å². The average molecular weight is 991 g/mol. The number of ether oxygens (including phenoxy) is 1. The maximum atomic E-state index is 14.6. The Morgan fingerprint density at radius 3 is 1.93 bits per heavy atom. The van der Waals surface area contributed by atoms with Crippen molar-refractivity contribution in [3.8, 4) is 0 Å². The van der Waals surface area contributed by atoms with E-state index >= 15 is 0 Å². The lowest BCUT2D eigenvalue weighted by Gasteiger charge is -2.49. The van der Waals surface area contributed by atoms with Crippen LogP contribution in [0.4, 0.5) is 10.3 Å². The quantitative estimate of drug-likeness (QED) is 0.0150. The van der Waals surface area contributed by atoms with Crippen molar-refractivity contribution in [1.82, 2.24) is 25.4 Å². The van der Waals surface area contributed by atoms with Crippen molar-refractivity contribution in [2.24, 2.45) is 5.16 Å². The number of carbonyl (C=O) groups excluding carboxylic acids is 4. The fourth-order valence-electron chi connectivity index (χ4n) is 8.03. The van der Waals surface area contributed by atoms with Crippen molar-refractivity contribution in [3.63, 3.8) is 0 Å². The molecule has 0 radical (unpaired) electrons. The van der Waals surface area contributed by atoms with E-state index in [9.17, 15) is 19.2 Å². The van der Waals surface area contributed by atoms with E-state index < -0.39 is 40.8 Å². The molecular weight excluding hydrogens is 949 g/mol. The number of allylic oxidation sites excluding steroid dienone is 1. The number of β-lactam (4-membered cyclic amide) rings is 1. The van der Waals surface area contributed by atoms with Crippen molar-refractivity contribution in [3.05, 3.63) is 213 Å². The van der Waals surface area contributed by atoms with Gasteiger partial charge in [0.1, 0.15) is 35.5 Å². The van der Waals surface area contributed by atoms with Crippen molar-refractivity contribution in [2.75, 3.05) is 23.5 Å². The summed E-state index contributed by atoms with van der Waals surface area (Å²) in [7, 11) is 1.33. The van der Waals surface area contributed by atoms with Crippen LogP contribution < -0.4 is 16.0 Å². The number of esters is 1. The Morgan fingerprint density at radius 2 is 1.38 bits per heavy atom. The third-order valence-electron chi connectivity index (χ3n) is 11.1. The van der Waals surface area contributed by atoms with Gasteiger partial charge in [0, 0.05) is 18.1 Å². The molecule has 0 saturated carbocycles. The SMILES string of the molecule is CON=C(C(=O)NC1C(=O)N2C(C(=O)OC(c3ccccc3)c3ccccc3)=C(C=CSc3nnc(NC(C)=O)s3)CSC12)c1csc(NC(c2ccccc2)(c2ccccc2)c2ccccc2)n1. The zero-order valence-electron chi connectivity index (χ0n) is 36.9. The van der Waals surface area contributed by atoms with Crippen LogP contribution in [0.3, 0.4) is 0 Å². The summed E-state index contributed by atoms with van der Waals surface area (Å²) in [6.45, 7) is 1.39. The number of hydrogen-bond donors (Lipinski definition) is 3. The van der Waals surface area contributed by atoms with E-state index in [4.69, 9.17) is 14.6 Å². The number of amides is 3. The van der Waals surface area contributed by atoms with Gasteiger partial charge in [0.05, 0.1) is 0 Å². The van der Waals surface area contributed by atoms with Crippen molar-refractivity contribution in [2.45, 2.75) is 34.3 Å². The highest BCUT2D eigenvalue weighted by Gasteiger charge is 2.55. The number of thioether (sulfide) groups is 2. The number of hydrogen-bond acceptors (Lipinski definition) is 15. The predicted octanol–water partition coefficient (Wildman–Crippen LogP) is 9.00. The standard InChI is InChI=1S/C51H42N8O6S4/c1-32(60)52-49-56-57-50(69-49)66-29-28-35-30-67-46-41(45(62)59(46)42(35)47(63)65-43(33-18-8-3-9-19-33)34-20-10-4-11-21-34)54-44(61)40(58-64-2)39-31-68-48(53-39)55-51(36-22-12-5-13-23-36,37-24-14-6-15-25-37)38-26-16-7-17-27-38/h3-29,31,41,43,46H,30H2,1-2H3,(H,53,55)(H,54,61)(H,52,56,60). The zero-order chi connectivity index (χ0) is 47.7. The largest absolute Gasteiger partial charge is 0.448 e. The molecular formula is C51H42N8O6S4. The second kappa shape index (κ2) is 21.3. The summed E-state index contributed by atoms with van der Waals surface area (Å²) in [6, 6.07) is 47.9. The van der Waals surface area contributed by atoms with Crippen molar-refractivity contribution >= 4 is 85.9 Å². The van der Waals surface area contributed by atoms with Crippen LogP contribution in [0.2, 0.25) is 0 Å². The molecule has 18 heteroatoms. The number of anilines is 2. The van der Waals surface area contributed by atoms with E-state index in [1.807, 2.05) is 115 Å². The first kappa shape index (κ1) is 46.7. The van der Waals surface area contributed by atoms with E-state index in [-0.39, 0.29) is 23.0 Å². The second-order valence-corrected chi connectivity index (χ2v) is 19.5. The van der Waals surface area contributed by atoms with Crippen LogP contribution in [0, 0.1) is 0 Å². The average Bonchev–Trinajstić information content (AvgIpc) is 4.05. The number of nitrogens with zero attached hydrogens (tertiary/aromatic N) is 5. The van der Waals surface area contributed by atoms with Gasteiger partial charge in [-0.1, -0.05) is 180 Å². The smallest absolute Gasteiger partial charge is 0.356 e. The van der Waals surface area contributed by atoms with Crippen LogP contribution in [0.25, 0.3) is 0 Å². The molecule has 1 fully saturated rings. The van der Waals surface area contributed by atoms with Crippen molar-refractivity contribution < 1.29 is 28.8 Å². The maximum Gasteiger partial charge on any atom is 0.356 e. The topological polar surface area (TPSA) is 177 Å². The van der Waals surface area contributed by atoms with Gasteiger partial charge in [-0.15, -0.1) is 33.3 Å². The molecule has 4 heterocycles. The molecule has 2 unspecified atom stereocenters. The lowest BCUT2D eigenvalue weighted by atomic mass is 9.77. The normalized spacial score (nSPS) is 15.9. The van der Waals surface area contributed by atoms with Crippen molar-refractivity contribution in [1.29, 1.82) is 0 Å². The number of aromatic nitrogens is 3. The van der Waals surface area contributed by atoms with E-state index in [2.05, 4.69) is 67.7 Å². The highest BCUT2D eigenvalue weighted by molar-refractivity contribution is 8.03. The van der Waals surface area contributed by atoms with Crippen LogP contribution in [-0.2, 0) is 34.3 Å². The molecule has 1 saturated heterocycles. The summed E-state index contributed by atoms with van der Waals surface area (Å²) in [5.74, 6) is -1.89. The first-order valence-electron chi connectivity index (χ1n) is 21.5. The zero-order valence-corrected chi connectivity index (χ0v) is 40.2. The predicted molar refractivity (Wildman–Crippen MR) is 271 cm³/mol. The summed E-state index contributed by atoms with van der Waals surface area (Å²) in [5.41, 5.74) is 4.20. The fraction of sp³-hybridized carbons (Fsp3) is 0.137. The van der Waals surface area contributed by atoms with Gasteiger partial charge in [-0.2, -0.15) is 0 Å². The van der Waals surface area contributed by atoms with Crippen LogP contribution in [0.5, 0.6) is 0 Å². The molecule has 0 spiro atoms. The Balaban J connectivity index is 0.983. The molecule has 2 aromatic heterocycles. The van der Waals surface area contributed by atoms with E-state index in [0.717, 1.165) is 27.8 Å². The Labute approximate surface area is 414 Å². The minimum absolute atomic E-state index is 0.0545. The number of oxime groups is 1. The lowest BCUT2D eigenvalue weighted by Crippen LogP contribution is -2.71. The molecule has 346 valence electrons. The first-order chi connectivity index (χ1) is 33.7. The Kier molecular flexibility index (Phi) is 14.4. The summed E-state index contributed by atoms with van der Waals surface area (Å²) in [5, 5.41) is 25.1. The number of rotatable bonds is 17. The Hall–Kier alpha value is -7.38. The maximum absolute atomic E-state index is 14.6. The highest BCUT2D eigenvalue weighted by Crippen LogP contribution is 2.44. The first-order valence-corrected chi connectivity index (χ1v) is 25.1. The molecule has 9 rings (SSSR count). The fourth-order valence-corrected chi connectivity index (χ4v) is 11.7. The Morgan fingerprint density at radius 1 is 0.812 bits per heavy atom. The molecule has 2 aliphatic heterocycles. The summed E-state index contributed by atoms with van der Waals surface area (Å²) >= 11 is 5.12. The molecule has 3 amide bonds. The van der Waals surface area contributed by atoms with Gasteiger partial charge >= 0.3 is 5.97 Å². The highest BCUT2D eigenvalue weighted by atomic mass is 32.2. The number of fused-ring (bicyclic) bond motifs is 1. The monoisotopic (exact) mass is 990 g/mol. The summed E-state index contributed by atoms with van der Waals surface area (Å²) in [4.78, 5) is 66.3. The van der Waals surface area contributed by atoms with E-state index in [1.54, 1.807) is 16.9 Å². The van der Waals surface area contributed by atoms with Crippen LogP contribution >= 0.6 is 46.2 Å².